The number of nitrogens with two attached hydrogens (primary N) is 1. The number of methoxy groups -OCH3 is 2. The average molecular weight is 295 g/mol. The van der Waals surface area contributed by atoms with Gasteiger partial charge in [-0.25, -0.2) is 0 Å². The van der Waals surface area contributed by atoms with Crippen molar-refractivity contribution in [3.8, 4) is 0 Å². The maximum Gasteiger partial charge on any atom is 0.310 e. The van der Waals surface area contributed by atoms with Crippen molar-refractivity contribution in [2.45, 2.75) is 25.6 Å². The van der Waals surface area contributed by atoms with Gasteiger partial charge in [0.15, 0.2) is 6.29 Å². The molecule has 0 amide bonds. The van der Waals surface area contributed by atoms with Crippen LogP contribution in [0.5, 0.6) is 0 Å². The summed E-state index contributed by atoms with van der Waals surface area (Å²) in [6.45, 7) is 2.35. The highest BCUT2D eigenvalue weighted by Crippen LogP contribution is 2.31. The molecule has 0 heterocycles. The minimum atomic E-state index is -0.417. The standard InChI is InChI=1S/C16H25NO4/c1-4-21-16(18)14(11-17)13(10-15(19-2)20-3)12-8-6-5-7-9-12/h5-9,13-15H,4,10-11,17H2,1-3H3. The molecule has 5 nitrogen and oxygen atoms in total. The van der Waals surface area contributed by atoms with Crippen LogP contribution in [-0.2, 0) is 19.0 Å². The van der Waals surface area contributed by atoms with Gasteiger partial charge in [0, 0.05) is 33.1 Å². The van der Waals surface area contributed by atoms with Crippen molar-refractivity contribution in [1.29, 1.82) is 0 Å². The van der Waals surface area contributed by atoms with Crippen LogP contribution in [0.15, 0.2) is 30.3 Å². The molecular weight excluding hydrogens is 270 g/mol. The molecule has 0 bridgehead atoms. The SMILES string of the molecule is CCOC(=O)C(CN)C(CC(OC)OC)c1ccccc1. The van der Waals surface area contributed by atoms with E-state index in [2.05, 4.69) is 0 Å². The van der Waals surface area contributed by atoms with Gasteiger partial charge in [0.2, 0.25) is 0 Å². The number of carbonyl (C=O) groups is 1. The molecule has 0 aromatic heterocycles. The summed E-state index contributed by atoms with van der Waals surface area (Å²) in [5, 5.41) is 0. The predicted molar refractivity (Wildman–Crippen MR) is 80.8 cm³/mol. The van der Waals surface area contributed by atoms with Crippen molar-refractivity contribution in [1.82, 2.24) is 0 Å². The number of ether oxygens (including phenoxy) is 3. The minimum absolute atomic E-state index is 0.111. The number of rotatable bonds is 9. The fraction of sp³-hybridized carbons (Fsp3) is 0.562. The van der Waals surface area contributed by atoms with Crippen LogP contribution in [0.2, 0.25) is 0 Å². The van der Waals surface area contributed by atoms with Gasteiger partial charge in [-0.05, 0) is 12.5 Å². The lowest BCUT2D eigenvalue weighted by molar-refractivity contribution is -0.150. The van der Waals surface area contributed by atoms with Crippen LogP contribution in [0.1, 0.15) is 24.8 Å². The van der Waals surface area contributed by atoms with Crippen LogP contribution in [0, 0.1) is 5.92 Å². The van der Waals surface area contributed by atoms with E-state index in [-0.39, 0.29) is 18.4 Å². The van der Waals surface area contributed by atoms with Gasteiger partial charge >= 0.3 is 5.97 Å². The number of hydrogen-bond donors (Lipinski definition) is 1. The Labute approximate surface area is 126 Å². The summed E-state index contributed by atoms with van der Waals surface area (Å²) in [5.74, 6) is -0.805. The van der Waals surface area contributed by atoms with Gasteiger partial charge in [0.25, 0.3) is 0 Å². The van der Waals surface area contributed by atoms with E-state index in [0.717, 1.165) is 5.56 Å². The Morgan fingerprint density at radius 1 is 1.19 bits per heavy atom. The van der Waals surface area contributed by atoms with E-state index in [1.807, 2.05) is 30.3 Å². The number of carbonyl (C=O) groups excluding carboxylic acids is 1. The Kier molecular flexibility index (Phi) is 7.97. The molecule has 0 saturated heterocycles. The summed E-state index contributed by atoms with van der Waals surface area (Å²) < 4.78 is 15.7. The van der Waals surface area contributed by atoms with Gasteiger partial charge in [0.05, 0.1) is 12.5 Å². The highest BCUT2D eigenvalue weighted by molar-refractivity contribution is 5.74. The Bertz CT molecular complexity index is 406. The van der Waals surface area contributed by atoms with Gasteiger partial charge in [-0.3, -0.25) is 4.79 Å². The van der Waals surface area contributed by atoms with Gasteiger partial charge in [0.1, 0.15) is 0 Å². The van der Waals surface area contributed by atoms with Gasteiger partial charge in [-0.2, -0.15) is 0 Å². The van der Waals surface area contributed by atoms with Crippen molar-refractivity contribution in [3.63, 3.8) is 0 Å². The molecule has 21 heavy (non-hydrogen) atoms. The lowest BCUT2D eigenvalue weighted by Gasteiger charge is -2.27. The van der Waals surface area contributed by atoms with Crippen LogP contribution in [0.4, 0.5) is 0 Å². The maximum absolute atomic E-state index is 12.2. The molecule has 0 aliphatic heterocycles. The summed E-state index contributed by atoms with van der Waals surface area (Å²) >= 11 is 0. The molecule has 0 saturated carbocycles. The molecule has 0 fully saturated rings. The normalized spacial score (nSPS) is 14.0. The van der Waals surface area contributed by atoms with E-state index in [4.69, 9.17) is 19.9 Å². The highest BCUT2D eigenvalue weighted by Gasteiger charge is 2.31. The Hall–Kier alpha value is -1.43. The quantitative estimate of drug-likeness (QED) is 0.556. The maximum atomic E-state index is 12.2. The first-order valence-electron chi connectivity index (χ1n) is 7.15. The van der Waals surface area contributed by atoms with Gasteiger partial charge in [-0.1, -0.05) is 30.3 Å². The third-order valence-corrected chi connectivity index (χ3v) is 3.53. The van der Waals surface area contributed by atoms with Crippen LogP contribution < -0.4 is 5.73 Å². The minimum Gasteiger partial charge on any atom is -0.466 e. The number of benzene rings is 1. The van der Waals surface area contributed by atoms with Crippen molar-refractivity contribution in [2.75, 3.05) is 27.4 Å². The molecule has 118 valence electrons. The van der Waals surface area contributed by atoms with Crippen molar-refractivity contribution in [3.05, 3.63) is 35.9 Å². The predicted octanol–water partition coefficient (Wildman–Crippen LogP) is 1.92. The molecule has 2 atom stereocenters. The van der Waals surface area contributed by atoms with Crippen LogP contribution in [-0.4, -0.2) is 39.6 Å². The molecule has 2 N–H and O–H groups in total. The van der Waals surface area contributed by atoms with Gasteiger partial charge < -0.3 is 19.9 Å². The zero-order chi connectivity index (χ0) is 15.7. The number of esters is 1. The average Bonchev–Trinajstić information content (AvgIpc) is 2.52. The molecule has 0 aliphatic rings. The second-order valence-corrected chi connectivity index (χ2v) is 4.75. The first-order valence-corrected chi connectivity index (χ1v) is 7.15. The smallest absolute Gasteiger partial charge is 0.310 e. The molecule has 0 radical (unpaired) electrons. The molecule has 1 rings (SSSR count). The zero-order valence-corrected chi connectivity index (χ0v) is 13.0. The van der Waals surface area contributed by atoms with E-state index in [9.17, 15) is 4.79 Å². The molecule has 0 aliphatic carbocycles. The monoisotopic (exact) mass is 295 g/mol. The second kappa shape index (κ2) is 9.50. The van der Waals surface area contributed by atoms with E-state index >= 15 is 0 Å². The zero-order valence-electron chi connectivity index (χ0n) is 13.0. The first kappa shape index (κ1) is 17.6. The fourth-order valence-electron chi connectivity index (χ4n) is 2.40. The fourth-order valence-corrected chi connectivity index (χ4v) is 2.40. The Morgan fingerprint density at radius 2 is 1.81 bits per heavy atom. The Morgan fingerprint density at radius 3 is 2.29 bits per heavy atom. The largest absolute Gasteiger partial charge is 0.466 e. The number of hydrogen-bond acceptors (Lipinski definition) is 5. The molecule has 1 aromatic rings. The summed E-state index contributed by atoms with van der Waals surface area (Å²) in [6.07, 6.45) is 0.149. The summed E-state index contributed by atoms with van der Waals surface area (Å²) in [5.41, 5.74) is 6.85. The Balaban J connectivity index is 3.02. The second-order valence-electron chi connectivity index (χ2n) is 4.75. The van der Waals surface area contributed by atoms with Crippen molar-refractivity contribution < 1.29 is 19.0 Å². The molecule has 1 aromatic carbocycles. The molecule has 5 heteroatoms. The molecular formula is C16H25NO4. The summed E-state index contributed by atoms with van der Waals surface area (Å²) in [7, 11) is 3.16. The van der Waals surface area contributed by atoms with E-state index < -0.39 is 12.2 Å². The topological polar surface area (TPSA) is 70.8 Å². The van der Waals surface area contributed by atoms with Gasteiger partial charge in [-0.15, -0.1) is 0 Å². The highest BCUT2D eigenvalue weighted by atomic mass is 16.7. The van der Waals surface area contributed by atoms with Crippen LogP contribution in [0.25, 0.3) is 0 Å². The lowest BCUT2D eigenvalue weighted by Crippen LogP contribution is -2.34. The van der Waals surface area contributed by atoms with E-state index in [1.54, 1.807) is 21.1 Å². The van der Waals surface area contributed by atoms with Crippen LogP contribution >= 0.6 is 0 Å². The molecule has 0 spiro atoms. The van der Waals surface area contributed by atoms with Crippen LogP contribution in [0.3, 0.4) is 0 Å². The third-order valence-electron chi connectivity index (χ3n) is 3.53. The molecule has 2 unspecified atom stereocenters. The first-order chi connectivity index (χ1) is 10.2. The van der Waals surface area contributed by atoms with Crippen molar-refractivity contribution in [2.24, 2.45) is 11.7 Å². The summed E-state index contributed by atoms with van der Waals surface area (Å²) in [6, 6.07) is 9.78. The third kappa shape index (κ3) is 5.12. The lowest BCUT2D eigenvalue weighted by atomic mass is 9.83. The summed E-state index contributed by atoms with van der Waals surface area (Å²) in [4.78, 5) is 12.2. The van der Waals surface area contributed by atoms with E-state index in [1.165, 1.54) is 0 Å². The van der Waals surface area contributed by atoms with E-state index in [0.29, 0.717) is 13.0 Å². The van der Waals surface area contributed by atoms with Crippen molar-refractivity contribution >= 4 is 5.97 Å².